The van der Waals surface area contributed by atoms with Gasteiger partial charge in [-0.1, -0.05) is 42.5 Å². The van der Waals surface area contributed by atoms with Crippen molar-refractivity contribution in [2.75, 3.05) is 10.6 Å². The lowest BCUT2D eigenvalue weighted by molar-refractivity contribution is -0.115. The molecule has 8 heteroatoms. The van der Waals surface area contributed by atoms with Crippen LogP contribution in [0, 0.1) is 5.82 Å². The molecule has 28 heavy (non-hydrogen) atoms. The first-order valence-electron chi connectivity index (χ1n) is 8.48. The van der Waals surface area contributed by atoms with Crippen molar-refractivity contribution in [2.45, 2.75) is 6.42 Å². The standard InChI is InChI=1S/C20H15FN4O2S/c21-14-8-4-5-9-15(14)22-19(27)16-11-13-18(24-25-20(13)28-16)23-17(26)10-12-6-2-1-3-7-12/h1-9,11H,10H2,(H,22,27)(H2,23,24,25,26). The molecule has 0 aliphatic heterocycles. The highest BCUT2D eigenvalue weighted by Gasteiger charge is 2.17. The Hall–Kier alpha value is -3.52. The topological polar surface area (TPSA) is 86.9 Å². The minimum Gasteiger partial charge on any atom is -0.319 e. The number of thiophene rings is 1. The molecular weight excluding hydrogens is 379 g/mol. The molecule has 140 valence electrons. The van der Waals surface area contributed by atoms with Crippen molar-refractivity contribution < 1.29 is 14.0 Å². The van der Waals surface area contributed by atoms with E-state index in [2.05, 4.69) is 20.8 Å². The molecule has 0 saturated carbocycles. The molecular formula is C20H15FN4O2S. The maximum Gasteiger partial charge on any atom is 0.265 e. The highest BCUT2D eigenvalue weighted by Crippen LogP contribution is 2.30. The summed E-state index contributed by atoms with van der Waals surface area (Å²) < 4.78 is 13.7. The van der Waals surface area contributed by atoms with E-state index in [1.165, 1.54) is 23.5 Å². The van der Waals surface area contributed by atoms with Crippen LogP contribution in [0.2, 0.25) is 0 Å². The third-order valence-corrected chi connectivity index (χ3v) is 5.11. The quantitative estimate of drug-likeness (QED) is 0.474. The molecule has 0 spiro atoms. The van der Waals surface area contributed by atoms with E-state index >= 15 is 0 Å². The Bertz CT molecular complexity index is 1150. The molecule has 0 saturated heterocycles. The summed E-state index contributed by atoms with van der Waals surface area (Å²) in [6, 6.07) is 16.9. The summed E-state index contributed by atoms with van der Waals surface area (Å²) in [5.41, 5.74) is 1.00. The van der Waals surface area contributed by atoms with E-state index in [1.807, 2.05) is 30.3 Å². The number of halogens is 1. The number of anilines is 2. The Balaban J connectivity index is 1.49. The zero-order valence-corrected chi connectivity index (χ0v) is 15.3. The predicted octanol–water partition coefficient (Wildman–Crippen LogP) is 4.20. The molecule has 4 aromatic rings. The summed E-state index contributed by atoms with van der Waals surface area (Å²) in [5.74, 6) is -0.782. The lowest BCUT2D eigenvalue weighted by Crippen LogP contribution is -2.14. The third kappa shape index (κ3) is 3.77. The average molecular weight is 394 g/mol. The van der Waals surface area contributed by atoms with Gasteiger partial charge in [0, 0.05) is 0 Å². The number of amides is 2. The van der Waals surface area contributed by atoms with Crippen LogP contribution in [-0.2, 0) is 11.2 Å². The summed E-state index contributed by atoms with van der Waals surface area (Å²) in [6.07, 6.45) is 0.222. The molecule has 2 aromatic carbocycles. The third-order valence-electron chi connectivity index (χ3n) is 4.07. The SMILES string of the molecule is O=C(Cc1ccccc1)Nc1n[nH]c2sc(C(=O)Nc3ccccc3F)cc12. The Kier molecular flexibility index (Phi) is 4.86. The fourth-order valence-corrected chi connectivity index (χ4v) is 3.63. The van der Waals surface area contributed by atoms with Gasteiger partial charge in [0.25, 0.3) is 5.91 Å². The summed E-state index contributed by atoms with van der Waals surface area (Å²) in [6.45, 7) is 0. The number of aromatic nitrogens is 2. The van der Waals surface area contributed by atoms with Gasteiger partial charge in [0.1, 0.15) is 10.6 Å². The van der Waals surface area contributed by atoms with Crippen LogP contribution in [-0.4, -0.2) is 22.0 Å². The second-order valence-electron chi connectivity index (χ2n) is 6.07. The van der Waals surface area contributed by atoms with Crippen molar-refractivity contribution >= 4 is 44.9 Å². The number of carbonyl (C=O) groups excluding carboxylic acids is 2. The van der Waals surface area contributed by atoms with E-state index in [0.29, 0.717) is 20.9 Å². The number of fused-ring (bicyclic) bond motifs is 1. The number of carbonyl (C=O) groups is 2. The molecule has 0 fully saturated rings. The number of para-hydroxylation sites is 1. The van der Waals surface area contributed by atoms with Crippen molar-refractivity contribution in [1.29, 1.82) is 0 Å². The van der Waals surface area contributed by atoms with Crippen LogP contribution in [0.1, 0.15) is 15.2 Å². The van der Waals surface area contributed by atoms with E-state index in [-0.39, 0.29) is 18.0 Å². The van der Waals surface area contributed by atoms with Crippen LogP contribution in [0.3, 0.4) is 0 Å². The number of hydrogen-bond acceptors (Lipinski definition) is 4. The minimum atomic E-state index is -0.506. The highest BCUT2D eigenvalue weighted by molar-refractivity contribution is 7.20. The van der Waals surface area contributed by atoms with Crippen LogP contribution in [0.4, 0.5) is 15.9 Å². The van der Waals surface area contributed by atoms with E-state index in [0.717, 1.165) is 5.56 Å². The van der Waals surface area contributed by atoms with Gasteiger partial charge in [-0.25, -0.2) is 4.39 Å². The largest absolute Gasteiger partial charge is 0.319 e. The molecule has 2 heterocycles. The van der Waals surface area contributed by atoms with Crippen LogP contribution in [0.25, 0.3) is 10.2 Å². The first-order valence-corrected chi connectivity index (χ1v) is 9.29. The van der Waals surface area contributed by atoms with Gasteiger partial charge in [0.2, 0.25) is 5.91 Å². The Labute approximate surface area is 163 Å². The fraction of sp³-hybridized carbons (Fsp3) is 0.0500. The normalized spacial score (nSPS) is 10.8. The van der Waals surface area contributed by atoms with Gasteiger partial charge in [-0.15, -0.1) is 11.3 Å². The average Bonchev–Trinajstić information content (AvgIpc) is 3.26. The summed E-state index contributed by atoms with van der Waals surface area (Å²) in [5, 5.41) is 12.8. The van der Waals surface area contributed by atoms with E-state index in [9.17, 15) is 14.0 Å². The van der Waals surface area contributed by atoms with Gasteiger partial charge in [-0.05, 0) is 23.8 Å². The van der Waals surface area contributed by atoms with Crippen LogP contribution < -0.4 is 10.6 Å². The molecule has 3 N–H and O–H groups in total. The van der Waals surface area contributed by atoms with Crippen LogP contribution in [0.15, 0.2) is 60.7 Å². The van der Waals surface area contributed by atoms with Crippen molar-refractivity contribution in [3.8, 4) is 0 Å². The number of nitrogens with one attached hydrogen (secondary N) is 3. The Morgan fingerprint density at radius 1 is 1.04 bits per heavy atom. The minimum absolute atomic E-state index is 0.110. The lowest BCUT2D eigenvalue weighted by atomic mass is 10.1. The highest BCUT2D eigenvalue weighted by atomic mass is 32.1. The van der Waals surface area contributed by atoms with Gasteiger partial charge < -0.3 is 10.6 Å². The van der Waals surface area contributed by atoms with E-state index in [1.54, 1.807) is 18.2 Å². The molecule has 0 bridgehead atoms. The first-order chi connectivity index (χ1) is 13.6. The fourth-order valence-electron chi connectivity index (χ4n) is 2.73. The zero-order chi connectivity index (χ0) is 19.5. The van der Waals surface area contributed by atoms with Gasteiger partial charge in [-0.2, -0.15) is 5.10 Å². The molecule has 2 amide bonds. The Morgan fingerprint density at radius 2 is 1.79 bits per heavy atom. The smallest absolute Gasteiger partial charge is 0.265 e. The van der Waals surface area contributed by atoms with Gasteiger partial charge >= 0.3 is 0 Å². The molecule has 0 unspecified atom stereocenters. The number of hydrogen-bond donors (Lipinski definition) is 3. The predicted molar refractivity (Wildman–Crippen MR) is 107 cm³/mol. The maximum absolute atomic E-state index is 13.7. The second kappa shape index (κ2) is 7.61. The molecule has 2 aromatic heterocycles. The van der Waals surface area contributed by atoms with Crippen LogP contribution in [0.5, 0.6) is 0 Å². The monoisotopic (exact) mass is 394 g/mol. The van der Waals surface area contributed by atoms with Crippen LogP contribution >= 0.6 is 11.3 Å². The van der Waals surface area contributed by atoms with Crippen molar-refractivity contribution in [3.63, 3.8) is 0 Å². The molecule has 6 nitrogen and oxygen atoms in total. The van der Waals surface area contributed by atoms with Crippen molar-refractivity contribution in [3.05, 3.63) is 76.9 Å². The summed E-state index contributed by atoms with van der Waals surface area (Å²) >= 11 is 1.18. The number of benzene rings is 2. The van der Waals surface area contributed by atoms with Gasteiger partial charge in [0.05, 0.1) is 22.4 Å². The first kappa shape index (κ1) is 17.9. The van der Waals surface area contributed by atoms with Gasteiger partial charge in [0.15, 0.2) is 5.82 Å². The Morgan fingerprint density at radius 3 is 2.57 bits per heavy atom. The molecule has 0 radical (unpaired) electrons. The second-order valence-corrected chi connectivity index (χ2v) is 7.12. The number of nitrogens with zero attached hydrogens (tertiary/aromatic N) is 1. The molecule has 0 aliphatic rings. The summed E-state index contributed by atoms with van der Waals surface area (Å²) in [4.78, 5) is 25.7. The number of rotatable bonds is 5. The molecule has 0 atom stereocenters. The van der Waals surface area contributed by atoms with Crippen molar-refractivity contribution in [2.24, 2.45) is 0 Å². The summed E-state index contributed by atoms with van der Waals surface area (Å²) in [7, 11) is 0. The zero-order valence-electron chi connectivity index (χ0n) is 14.5. The number of aromatic amines is 1. The van der Waals surface area contributed by atoms with E-state index in [4.69, 9.17) is 0 Å². The number of H-pyrrole nitrogens is 1. The maximum atomic E-state index is 13.7. The van der Waals surface area contributed by atoms with Gasteiger partial charge in [-0.3, -0.25) is 14.7 Å². The lowest BCUT2D eigenvalue weighted by Gasteiger charge is -2.04. The van der Waals surface area contributed by atoms with Crippen molar-refractivity contribution in [1.82, 2.24) is 10.2 Å². The van der Waals surface area contributed by atoms with E-state index < -0.39 is 11.7 Å². The molecule has 0 aliphatic carbocycles. The molecule has 4 rings (SSSR count).